The average Bonchev–Trinajstić information content (AvgIpc) is 1.98. The van der Waals surface area contributed by atoms with Crippen LogP contribution in [0.1, 0.15) is 54.4 Å². The Morgan fingerprint density at radius 1 is 1.25 bits per heavy atom. The predicted molar refractivity (Wildman–Crippen MR) is 65.5 cm³/mol. The van der Waals surface area contributed by atoms with Crippen LogP contribution >= 0.6 is 0 Å². The maximum Gasteiger partial charge on any atom is 0.333 e. The van der Waals surface area contributed by atoms with Gasteiger partial charge in [0, 0.05) is 12.0 Å². The van der Waals surface area contributed by atoms with Crippen molar-refractivity contribution in [1.29, 1.82) is 0 Å². The molecule has 3 heteroatoms. The van der Waals surface area contributed by atoms with Crippen LogP contribution in [0.15, 0.2) is 0 Å². The predicted octanol–water partition coefficient (Wildman–Crippen LogP) is 3.33. The largest absolute Gasteiger partial charge is 0.479 e. The first-order valence-electron chi connectivity index (χ1n) is 5.94. The molecule has 0 aromatic rings. The molecule has 0 spiro atoms. The van der Waals surface area contributed by atoms with Crippen LogP contribution < -0.4 is 0 Å². The average molecular weight is 230 g/mol. The van der Waals surface area contributed by atoms with Crippen LogP contribution in [0.4, 0.5) is 0 Å². The maximum absolute atomic E-state index is 11.2. The van der Waals surface area contributed by atoms with Crippen LogP contribution in [0.5, 0.6) is 0 Å². The Morgan fingerprint density at radius 2 is 1.75 bits per heavy atom. The van der Waals surface area contributed by atoms with Crippen LogP contribution in [0.25, 0.3) is 0 Å². The summed E-state index contributed by atoms with van der Waals surface area (Å²) in [5.41, 5.74) is -0.244. The van der Waals surface area contributed by atoms with Crippen molar-refractivity contribution < 1.29 is 14.6 Å². The van der Waals surface area contributed by atoms with Crippen molar-refractivity contribution in [2.24, 2.45) is 10.8 Å². The van der Waals surface area contributed by atoms with Crippen molar-refractivity contribution in [3.8, 4) is 0 Å². The van der Waals surface area contributed by atoms with Crippen molar-refractivity contribution in [1.82, 2.24) is 0 Å². The van der Waals surface area contributed by atoms with Gasteiger partial charge in [-0.05, 0) is 18.3 Å². The highest BCUT2D eigenvalue weighted by Crippen LogP contribution is 2.37. The summed E-state index contributed by atoms with van der Waals surface area (Å²) in [4.78, 5) is 11.2. The molecule has 0 aliphatic carbocycles. The van der Waals surface area contributed by atoms with Crippen LogP contribution in [-0.2, 0) is 9.53 Å². The lowest BCUT2D eigenvalue weighted by molar-refractivity contribution is -0.160. The van der Waals surface area contributed by atoms with Gasteiger partial charge in [0.1, 0.15) is 0 Å². The van der Waals surface area contributed by atoms with Crippen LogP contribution in [0.3, 0.4) is 0 Å². The summed E-state index contributed by atoms with van der Waals surface area (Å²) in [5.74, 6) is -0.859. The number of carbonyl (C=O) groups is 1. The Hall–Kier alpha value is -0.570. The SMILES string of the molecule is CCCOC(C(=O)O)C(C)(C)CC(C)(C)C. The van der Waals surface area contributed by atoms with E-state index < -0.39 is 12.1 Å². The lowest BCUT2D eigenvalue weighted by Gasteiger charge is -2.36. The quantitative estimate of drug-likeness (QED) is 0.761. The molecular formula is C13H26O3. The first kappa shape index (κ1) is 15.4. The van der Waals surface area contributed by atoms with E-state index in [2.05, 4.69) is 20.8 Å². The van der Waals surface area contributed by atoms with Crippen LogP contribution in [0.2, 0.25) is 0 Å². The summed E-state index contributed by atoms with van der Waals surface area (Å²) in [6.45, 7) is 12.8. The molecule has 0 rings (SSSR count). The van der Waals surface area contributed by atoms with Gasteiger partial charge in [0.25, 0.3) is 0 Å². The molecular weight excluding hydrogens is 204 g/mol. The third-order valence-corrected chi connectivity index (χ3v) is 2.41. The number of hydrogen-bond donors (Lipinski definition) is 1. The number of rotatable bonds is 6. The summed E-state index contributed by atoms with van der Waals surface area (Å²) >= 11 is 0. The smallest absolute Gasteiger partial charge is 0.333 e. The normalized spacial score (nSPS) is 14.9. The van der Waals surface area contributed by atoms with Gasteiger partial charge < -0.3 is 9.84 Å². The van der Waals surface area contributed by atoms with Gasteiger partial charge in [0.05, 0.1) is 0 Å². The first-order chi connectivity index (χ1) is 7.10. The summed E-state index contributed by atoms with van der Waals surface area (Å²) in [7, 11) is 0. The lowest BCUT2D eigenvalue weighted by Crippen LogP contribution is -2.41. The standard InChI is InChI=1S/C13H26O3/c1-7-8-16-10(11(14)15)13(5,6)9-12(2,3)4/h10H,7-9H2,1-6H3,(H,14,15). The molecule has 0 aromatic carbocycles. The first-order valence-corrected chi connectivity index (χ1v) is 5.94. The second kappa shape index (κ2) is 5.67. The number of ether oxygens (including phenoxy) is 1. The Labute approximate surface area is 99.2 Å². The molecule has 96 valence electrons. The molecule has 1 unspecified atom stereocenters. The molecule has 0 radical (unpaired) electrons. The summed E-state index contributed by atoms with van der Waals surface area (Å²) in [6.07, 6.45) is 0.947. The zero-order chi connectivity index (χ0) is 13.0. The highest BCUT2D eigenvalue weighted by Gasteiger charge is 2.38. The Balaban J connectivity index is 4.68. The highest BCUT2D eigenvalue weighted by molar-refractivity contribution is 5.73. The summed E-state index contributed by atoms with van der Waals surface area (Å²) in [6, 6.07) is 0. The van der Waals surface area contributed by atoms with E-state index >= 15 is 0 Å². The van der Waals surface area contributed by atoms with Gasteiger partial charge >= 0.3 is 5.97 Å². The third-order valence-electron chi connectivity index (χ3n) is 2.41. The Morgan fingerprint density at radius 3 is 2.06 bits per heavy atom. The molecule has 1 atom stereocenters. The van der Waals surface area contributed by atoms with Gasteiger partial charge in [-0.15, -0.1) is 0 Å². The van der Waals surface area contributed by atoms with E-state index in [4.69, 9.17) is 4.74 Å². The molecule has 0 amide bonds. The summed E-state index contributed by atoms with van der Waals surface area (Å²) < 4.78 is 5.46. The van der Waals surface area contributed by atoms with Gasteiger partial charge in [-0.3, -0.25) is 0 Å². The van der Waals surface area contributed by atoms with Gasteiger partial charge in [0.15, 0.2) is 6.10 Å². The Bertz CT molecular complexity index is 226. The molecule has 0 fully saturated rings. The second-order valence-electron chi connectivity index (χ2n) is 6.32. The maximum atomic E-state index is 11.2. The number of hydrogen-bond acceptors (Lipinski definition) is 2. The van der Waals surface area contributed by atoms with Crippen molar-refractivity contribution in [2.75, 3.05) is 6.61 Å². The fraction of sp³-hybridized carbons (Fsp3) is 0.923. The van der Waals surface area contributed by atoms with E-state index in [1.54, 1.807) is 0 Å². The number of carboxylic acids is 1. The molecule has 1 N–H and O–H groups in total. The minimum atomic E-state index is -0.859. The topological polar surface area (TPSA) is 46.5 Å². The fourth-order valence-electron chi connectivity index (χ4n) is 2.33. The van der Waals surface area contributed by atoms with Crippen molar-refractivity contribution in [3.63, 3.8) is 0 Å². The lowest BCUT2D eigenvalue weighted by atomic mass is 9.73. The highest BCUT2D eigenvalue weighted by atomic mass is 16.5. The number of carboxylic acid groups (broad SMARTS) is 1. The van der Waals surface area contributed by atoms with E-state index in [1.807, 2.05) is 20.8 Å². The van der Waals surface area contributed by atoms with E-state index in [9.17, 15) is 9.90 Å². The van der Waals surface area contributed by atoms with Crippen molar-refractivity contribution in [3.05, 3.63) is 0 Å². The molecule has 3 nitrogen and oxygen atoms in total. The minimum Gasteiger partial charge on any atom is -0.479 e. The molecule has 0 heterocycles. The molecule has 0 aromatic heterocycles. The van der Waals surface area contributed by atoms with Gasteiger partial charge in [0.2, 0.25) is 0 Å². The Kier molecular flexibility index (Phi) is 5.47. The van der Waals surface area contributed by atoms with Gasteiger partial charge in [-0.2, -0.15) is 0 Å². The van der Waals surface area contributed by atoms with E-state index in [-0.39, 0.29) is 10.8 Å². The third kappa shape index (κ3) is 5.50. The summed E-state index contributed by atoms with van der Waals surface area (Å²) in [5, 5.41) is 9.21. The van der Waals surface area contributed by atoms with Crippen LogP contribution in [-0.4, -0.2) is 23.8 Å². The zero-order valence-corrected chi connectivity index (χ0v) is 11.5. The van der Waals surface area contributed by atoms with E-state index in [1.165, 1.54) is 0 Å². The molecule has 0 bridgehead atoms. The molecule has 0 saturated heterocycles. The van der Waals surface area contributed by atoms with Crippen molar-refractivity contribution >= 4 is 5.97 Å². The van der Waals surface area contributed by atoms with Crippen LogP contribution in [0, 0.1) is 10.8 Å². The zero-order valence-electron chi connectivity index (χ0n) is 11.5. The molecule has 0 saturated carbocycles. The van der Waals surface area contributed by atoms with E-state index in [0.29, 0.717) is 6.61 Å². The van der Waals surface area contributed by atoms with Crippen molar-refractivity contribution in [2.45, 2.75) is 60.5 Å². The molecule has 16 heavy (non-hydrogen) atoms. The van der Waals surface area contributed by atoms with E-state index in [0.717, 1.165) is 12.8 Å². The molecule has 0 aliphatic heterocycles. The minimum absolute atomic E-state index is 0.104. The fourth-order valence-corrected chi connectivity index (χ4v) is 2.33. The monoisotopic (exact) mass is 230 g/mol. The second-order valence-corrected chi connectivity index (χ2v) is 6.32. The molecule has 0 aliphatic rings. The van der Waals surface area contributed by atoms with Gasteiger partial charge in [-0.25, -0.2) is 4.79 Å². The van der Waals surface area contributed by atoms with Gasteiger partial charge in [-0.1, -0.05) is 41.5 Å². The number of aliphatic carboxylic acids is 1.